The molecule has 0 atom stereocenters. The monoisotopic (exact) mass is 264 g/mol. The molecule has 0 saturated heterocycles. The standard InChI is InChI=1S/C14H14ClFN2/c1-10-3-2-4-13(18-10)9-17-8-11-7-12(15)5-6-14(11)16/h2-7,17H,8-9H2,1H3. The molecule has 0 amide bonds. The summed E-state index contributed by atoms with van der Waals surface area (Å²) in [6.07, 6.45) is 0. The molecule has 0 fully saturated rings. The fraction of sp³-hybridized carbons (Fsp3) is 0.214. The van der Waals surface area contributed by atoms with Crippen LogP contribution in [0.15, 0.2) is 36.4 Å². The number of hydrogen-bond acceptors (Lipinski definition) is 2. The number of rotatable bonds is 4. The summed E-state index contributed by atoms with van der Waals surface area (Å²) in [4.78, 5) is 4.36. The topological polar surface area (TPSA) is 24.9 Å². The minimum Gasteiger partial charge on any atom is -0.307 e. The van der Waals surface area contributed by atoms with Crippen LogP contribution in [-0.4, -0.2) is 4.98 Å². The summed E-state index contributed by atoms with van der Waals surface area (Å²) < 4.78 is 13.4. The third kappa shape index (κ3) is 3.52. The first-order valence-corrected chi connectivity index (χ1v) is 6.10. The highest BCUT2D eigenvalue weighted by Gasteiger charge is 2.03. The second kappa shape index (κ2) is 5.94. The second-order valence-corrected chi connectivity index (χ2v) is 4.55. The number of benzene rings is 1. The van der Waals surface area contributed by atoms with Gasteiger partial charge in [0, 0.05) is 29.4 Å². The predicted octanol–water partition coefficient (Wildman–Crippen LogP) is 3.47. The van der Waals surface area contributed by atoms with Crippen molar-refractivity contribution in [1.82, 2.24) is 10.3 Å². The van der Waals surface area contributed by atoms with Crippen molar-refractivity contribution < 1.29 is 4.39 Å². The SMILES string of the molecule is Cc1cccc(CNCc2cc(Cl)ccc2F)n1. The highest BCUT2D eigenvalue weighted by Crippen LogP contribution is 2.14. The summed E-state index contributed by atoms with van der Waals surface area (Å²) in [5.74, 6) is -0.246. The summed E-state index contributed by atoms with van der Waals surface area (Å²) in [6, 6.07) is 10.4. The zero-order valence-electron chi connectivity index (χ0n) is 10.1. The van der Waals surface area contributed by atoms with Crippen LogP contribution in [-0.2, 0) is 13.1 Å². The van der Waals surface area contributed by atoms with E-state index in [2.05, 4.69) is 10.3 Å². The van der Waals surface area contributed by atoms with Crippen LogP contribution in [0.4, 0.5) is 4.39 Å². The maximum Gasteiger partial charge on any atom is 0.127 e. The molecule has 0 saturated carbocycles. The van der Waals surface area contributed by atoms with Gasteiger partial charge in [0.05, 0.1) is 5.69 Å². The molecule has 2 rings (SSSR count). The van der Waals surface area contributed by atoms with Crippen LogP contribution in [0.1, 0.15) is 17.0 Å². The molecule has 94 valence electrons. The Morgan fingerprint density at radius 3 is 2.83 bits per heavy atom. The zero-order valence-corrected chi connectivity index (χ0v) is 10.8. The molecular weight excluding hydrogens is 251 g/mol. The smallest absolute Gasteiger partial charge is 0.127 e. The van der Waals surface area contributed by atoms with Gasteiger partial charge in [-0.25, -0.2) is 4.39 Å². The van der Waals surface area contributed by atoms with Crippen LogP contribution in [0.3, 0.4) is 0 Å². The Bertz CT molecular complexity index is 543. The largest absolute Gasteiger partial charge is 0.307 e. The van der Waals surface area contributed by atoms with Crippen LogP contribution in [0, 0.1) is 12.7 Å². The Labute approximate surface area is 111 Å². The van der Waals surface area contributed by atoms with Crippen LogP contribution in [0.25, 0.3) is 0 Å². The third-order valence-corrected chi connectivity index (χ3v) is 2.81. The van der Waals surface area contributed by atoms with Gasteiger partial charge in [-0.2, -0.15) is 0 Å². The molecule has 0 spiro atoms. The van der Waals surface area contributed by atoms with Crippen LogP contribution in [0.2, 0.25) is 5.02 Å². The molecule has 0 aliphatic rings. The Morgan fingerprint density at radius 1 is 1.22 bits per heavy atom. The molecule has 1 aromatic carbocycles. The Balaban J connectivity index is 1.94. The van der Waals surface area contributed by atoms with E-state index in [1.807, 2.05) is 25.1 Å². The summed E-state index contributed by atoms with van der Waals surface area (Å²) in [6.45, 7) is 2.98. The first kappa shape index (κ1) is 13.0. The van der Waals surface area contributed by atoms with Gasteiger partial charge in [0.2, 0.25) is 0 Å². The fourth-order valence-corrected chi connectivity index (χ4v) is 1.90. The lowest BCUT2D eigenvalue weighted by Crippen LogP contribution is -2.14. The molecule has 0 aliphatic carbocycles. The summed E-state index contributed by atoms with van der Waals surface area (Å²) in [7, 11) is 0. The first-order chi connectivity index (χ1) is 8.65. The van der Waals surface area contributed by atoms with Crippen LogP contribution < -0.4 is 5.32 Å². The Kier molecular flexibility index (Phi) is 4.28. The van der Waals surface area contributed by atoms with Gasteiger partial charge in [-0.15, -0.1) is 0 Å². The number of pyridine rings is 1. The van der Waals surface area contributed by atoms with Gasteiger partial charge in [0.1, 0.15) is 5.82 Å². The van der Waals surface area contributed by atoms with Crippen molar-refractivity contribution in [1.29, 1.82) is 0 Å². The van der Waals surface area contributed by atoms with Crippen LogP contribution >= 0.6 is 11.6 Å². The van der Waals surface area contributed by atoms with Gasteiger partial charge < -0.3 is 5.32 Å². The van der Waals surface area contributed by atoms with Crippen molar-refractivity contribution in [3.63, 3.8) is 0 Å². The average Bonchev–Trinajstić information content (AvgIpc) is 2.34. The maximum atomic E-state index is 13.4. The number of aryl methyl sites for hydroxylation is 1. The lowest BCUT2D eigenvalue weighted by Gasteiger charge is -2.06. The molecule has 4 heteroatoms. The fourth-order valence-electron chi connectivity index (χ4n) is 1.70. The first-order valence-electron chi connectivity index (χ1n) is 5.72. The number of nitrogens with one attached hydrogen (secondary N) is 1. The molecule has 1 N–H and O–H groups in total. The van der Waals surface area contributed by atoms with Crippen molar-refractivity contribution >= 4 is 11.6 Å². The molecule has 0 bridgehead atoms. The number of nitrogens with zero attached hydrogens (tertiary/aromatic N) is 1. The molecule has 1 heterocycles. The van der Waals surface area contributed by atoms with E-state index in [0.717, 1.165) is 11.4 Å². The van der Waals surface area contributed by atoms with E-state index in [0.29, 0.717) is 23.7 Å². The summed E-state index contributed by atoms with van der Waals surface area (Å²) in [5, 5.41) is 3.70. The minimum absolute atomic E-state index is 0.246. The van der Waals surface area contributed by atoms with Gasteiger partial charge in [-0.05, 0) is 37.3 Å². The predicted molar refractivity (Wildman–Crippen MR) is 70.9 cm³/mol. The molecule has 18 heavy (non-hydrogen) atoms. The Hall–Kier alpha value is -1.45. The maximum absolute atomic E-state index is 13.4. The van der Waals surface area contributed by atoms with E-state index in [9.17, 15) is 4.39 Å². The van der Waals surface area contributed by atoms with E-state index in [-0.39, 0.29) is 5.82 Å². The molecule has 0 aliphatic heterocycles. The van der Waals surface area contributed by atoms with E-state index < -0.39 is 0 Å². The van der Waals surface area contributed by atoms with Gasteiger partial charge >= 0.3 is 0 Å². The molecule has 2 nitrogen and oxygen atoms in total. The van der Waals surface area contributed by atoms with Gasteiger partial charge in [-0.3, -0.25) is 4.98 Å². The minimum atomic E-state index is -0.246. The normalized spacial score (nSPS) is 10.6. The van der Waals surface area contributed by atoms with Crippen molar-refractivity contribution in [3.8, 4) is 0 Å². The lowest BCUT2D eigenvalue weighted by molar-refractivity contribution is 0.585. The van der Waals surface area contributed by atoms with Crippen molar-refractivity contribution in [2.24, 2.45) is 0 Å². The molecule has 0 radical (unpaired) electrons. The quantitative estimate of drug-likeness (QED) is 0.915. The van der Waals surface area contributed by atoms with E-state index in [4.69, 9.17) is 11.6 Å². The zero-order chi connectivity index (χ0) is 13.0. The Morgan fingerprint density at radius 2 is 2.06 bits per heavy atom. The highest BCUT2D eigenvalue weighted by atomic mass is 35.5. The van der Waals surface area contributed by atoms with Gasteiger partial charge in [-0.1, -0.05) is 17.7 Å². The molecule has 0 unspecified atom stereocenters. The van der Waals surface area contributed by atoms with Gasteiger partial charge in [0.15, 0.2) is 0 Å². The van der Waals surface area contributed by atoms with Crippen molar-refractivity contribution in [3.05, 3.63) is 64.2 Å². The number of halogens is 2. The summed E-state index contributed by atoms with van der Waals surface area (Å²) >= 11 is 5.83. The van der Waals surface area contributed by atoms with E-state index in [1.54, 1.807) is 12.1 Å². The lowest BCUT2D eigenvalue weighted by atomic mass is 10.2. The van der Waals surface area contributed by atoms with Crippen LogP contribution in [0.5, 0.6) is 0 Å². The third-order valence-electron chi connectivity index (χ3n) is 2.58. The molecule has 2 aromatic rings. The highest BCUT2D eigenvalue weighted by molar-refractivity contribution is 6.30. The second-order valence-electron chi connectivity index (χ2n) is 4.11. The van der Waals surface area contributed by atoms with E-state index in [1.165, 1.54) is 6.07 Å². The van der Waals surface area contributed by atoms with Crippen molar-refractivity contribution in [2.45, 2.75) is 20.0 Å². The van der Waals surface area contributed by atoms with Crippen molar-refractivity contribution in [2.75, 3.05) is 0 Å². The van der Waals surface area contributed by atoms with Gasteiger partial charge in [0.25, 0.3) is 0 Å². The van der Waals surface area contributed by atoms with E-state index >= 15 is 0 Å². The number of aromatic nitrogens is 1. The average molecular weight is 265 g/mol. The number of hydrogen-bond donors (Lipinski definition) is 1. The molecular formula is C14H14ClFN2. The summed E-state index contributed by atoms with van der Waals surface area (Å²) in [5.41, 5.74) is 2.48. The molecule has 1 aromatic heterocycles.